The minimum atomic E-state index is -5.08. The minimum Gasteiger partial charge on any atom is -0.475 e. The molecule has 0 atom stereocenters. The van der Waals surface area contributed by atoms with Gasteiger partial charge in [0.05, 0.1) is 11.6 Å². The number of aliphatic carboxylic acids is 1. The lowest BCUT2D eigenvalue weighted by atomic mass is 10.3. The van der Waals surface area contributed by atoms with E-state index in [2.05, 4.69) is 30.5 Å². The zero-order valence-electron chi connectivity index (χ0n) is 16.8. The summed E-state index contributed by atoms with van der Waals surface area (Å²) in [7, 11) is 1.75. The number of aryl methyl sites for hydroxylation is 1. The Morgan fingerprint density at radius 2 is 1.94 bits per heavy atom. The number of halogens is 3. The largest absolute Gasteiger partial charge is 0.490 e. The molecule has 1 saturated heterocycles. The van der Waals surface area contributed by atoms with Gasteiger partial charge in [-0.1, -0.05) is 0 Å². The van der Waals surface area contributed by atoms with Crippen LogP contribution in [0.25, 0.3) is 0 Å². The van der Waals surface area contributed by atoms with Crippen LogP contribution in [0, 0.1) is 6.92 Å². The van der Waals surface area contributed by atoms with Crippen molar-refractivity contribution in [2.45, 2.75) is 19.6 Å². The van der Waals surface area contributed by atoms with Crippen LogP contribution in [0.1, 0.15) is 9.88 Å². The second-order valence-corrected chi connectivity index (χ2v) is 7.75. The predicted molar refractivity (Wildman–Crippen MR) is 108 cm³/mol. The highest BCUT2D eigenvalue weighted by Gasteiger charge is 2.38. The highest BCUT2D eigenvalue weighted by atomic mass is 32.1. The highest BCUT2D eigenvalue weighted by molar-refractivity contribution is 7.11. The van der Waals surface area contributed by atoms with Gasteiger partial charge in [0, 0.05) is 50.4 Å². The molecule has 0 spiro atoms. The number of carboxylic acids is 1. The number of hydrogen-bond donors (Lipinski definition) is 3. The molecule has 14 heteroatoms. The molecule has 2 amide bonds. The minimum absolute atomic E-state index is 0.203. The third kappa shape index (κ3) is 7.97. The number of amides is 2. The first-order chi connectivity index (χ1) is 14.6. The summed E-state index contributed by atoms with van der Waals surface area (Å²) in [6.07, 6.45) is -1.80. The van der Waals surface area contributed by atoms with Gasteiger partial charge in [-0.15, -0.1) is 11.3 Å². The van der Waals surface area contributed by atoms with E-state index in [1.807, 2.05) is 13.0 Å². The van der Waals surface area contributed by atoms with Gasteiger partial charge < -0.3 is 20.2 Å². The van der Waals surface area contributed by atoms with Crippen LogP contribution in [0.3, 0.4) is 0 Å². The van der Waals surface area contributed by atoms with Crippen molar-refractivity contribution in [3.8, 4) is 0 Å². The van der Waals surface area contributed by atoms with Gasteiger partial charge in [-0.2, -0.15) is 13.2 Å². The van der Waals surface area contributed by atoms with E-state index in [4.69, 9.17) is 9.90 Å². The Kier molecular flexibility index (Phi) is 8.50. The SMILES string of the molecule is Cc1ncc(CN(C)C(=O)Nc2cc(N3CCNCC3)ncn2)s1.O=C(O)C(F)(F)F. The van der Waals surface area contributed by atoms with Gasteiger partial charge >= 0.3 is 18.2 Å². The fourth-order valence-corrected chi connectivity index (χ4v) is 3.32. The van der Waals surface area contributed by atoms with E-state index in [0.29, 0.717) is 12.4 Å². The van der Waals surface area contributed by atoms with Crippen molar-refractivity contribution in [3.05, 3.63) is 28.5 Å². The average Bonchev–Trinajstić information content (AvgIpc) is 3.13. The van der Waals surface area contributed by atoms with Crippen molar-refractivity contribution in [3.63, 3.8) is 0 Å². The first-order valence-corrected chi connectivity index (χ1v) is 9.89. The van der Waals surface area contributed by atoms with Crippen LogP contribution in [-0.2, 0) is 11.3 Å². The number of aromatic nitrogens is 3. The van der Waals surface area contributed by atoms with Gasteiger partial charge in [-0.05, 0) is 6.92 Å². The number of anilines is 2. The molecule has 2 aromatic heterocycles. The molecule has 10 nitrogen and oxygen atoms in total. The molecule has 3 heterocycles. The molecule has 170 valence electrons. The van der Waals surface area contributed by atoms with E-state index in [1.54, 1.807) is 29.5 Å². The van der Waals surface area contributed by atoms with Crippen LogP contribution in [0.15, 0.2) is 18.6 Å². The average molecular weight is 461 g/mol. The topological polar surface area (TPSA) is 124 Å². The smallest absolute Gasteiger partial charge is 0.475 e. The number of rotatable bonds is 4. The lowest BCUT2D eigenvalue weighted by molar-refractivity contribution is -0.192. The summed E-state index contributed by atoms with van der Waals surface area (Å²) in [4.78, 5) is 38.7. The molecule has 3 N–H and O–H groups in total. The quantitative estimate of drug-likeness (QED) is 0.631. The molecule has 0 unspecified atom stereocenters. The standard InChI is InChI=1S/C15H21N7OS.C2HF3O2/c1-11-17-8-12(24-11)9-21(2)15(23)20-13-7-14(19-10-18-13)22-5-3-16-4-6-22;3-2(4,5)1(6)7/h7-8,10,16H,3-6,9H2,1-2H3,(H,18,19,20,23);(H,6,7). The Balaban J connectivity index is 0.000000423. The number of thiazole rings is 1. The first-order valence-electron chi connectivity index (χ1n) is 9.07. The van der Waals surface area contributed by atoms with Crippen molar-refractivity contribution < 1.29 is 27.9 Å². The van der Waals surface area contributed by atoms with Crippen LogP contribution >= 0.6 is 11.3 Å². The zero-order chi connectivity index (χ0) is 23.0. The first kappa shape index (κ1) is 24.3. The number of alkyl halides is 3. The number of nitrogens with one attached hydrogen (secondary N) is 2. The molecule has 0 saturated carbocycles. The Morgan fingerprint density at radius 1 is 1.29 bits per heavy atom. The fourth-order valence-electron chi connectivity index (χ4n) is 2.47. The zero-order valence-corrected chi connectivity index (χ0v) is 17.6. The maximum Gasteiger partial charge on any atom is 0.490 e. The maximum absolute atomic E-state index is 12.3. The van der Waals surface area contributed by atoms with Crippen molar-refractivity contribution in [1.29, 1.82) is 0 Å². The van der Waals surface area contributed by atoms with E-state index in [1.165, 1.54) is 6.33 Å². The summed E-state index contributed by atoms with van der Waals surface area (Å²) >= 11 is 1.59. The van der Waals surface area contributed by atoms with Crippen LogP contribution in [-0.4, -0.2) is 76.4 Å². The number of hydrogen-bond acceptors (Lipinski definition) is 8. The van der Waals surface area contributed by atoms with E-state index >= 15 is 0 Å². The molecule has 1 aliphatic rings. The fraction of sp³-hybridized carbons (Fsp3) is 0.471. The number of urea groups is 1. The Hall–Kier alpha value is -3.00. The lowest BCUT2D eigenvalue weighted by Gasteiger charge is -2.28. The molecule has 1 aliphatic heterocycles. The number of carbonyl (C=O) groups is 2. The number of piperazine rings is 1. The van der Waals surface area contributed by atoms with Crippen molar-refractivity contribution >= 4 is 35.0 Å². The monoisotopic (exact) mass is 461 g/mol. The Bertz CT molecular complexity index is 888. The third-order valence-electron chi connectivity index (χ3n) is 3.98. The summed E-state index contributed by atoms with van der Waals surface area (Å²) in [6, 6.07) is 1.61. The van der Waals surface area contributed by atoms with Gasteiger partial charge in [0.2, 0.25) is 0 Å². The summed E-state index contributed by atoms with van der Waals surface area (Å²) in [6.45, 7) is 6.13. The van der Waals surface area contributed by atoms with E-state index < -0.39 is 12.1 Å². The van der Waals surface area contributed by atoms with E-state index in [-0.39, 0.29) is 6.03 Å². The Morgan fingerprint density at radius 3 is 2.48 bits per heavy atom. The normalized spacial score (nSPS) is 13.8. The van der Waals surface area contributed by atoms with Crippen LogP contribution in [0.2, 0.25) is 0 Å². The summed E-state index contributed by atoms with van der Waals surface area (Å²) in [5, 5.41) is 14.3. The number of nitrogens with zero attached hydrogens (tertiary/aromatic N) is 5. The molecule has 2 aromatic rings. The highest BCUT2D eigenvalue weighted by Crippen LogP contribution is 2.17. The molecule has 0 bridgehead atoms. The molecular formula is C17H22F3N7O3S. The summed E-state index contributed by atoms with van der Waals surface area (Å²) in [5.41, 5.74) is 0. The maximum atomic E-state index is 12.3. The Labute approximate surface area is 180 Å². The second kappa shape index (κ2) is 10.9. The molecule has 0 aromatic carbocycles. The lowest BCUT2D eigenvalue weighted by Crippen LogP contribution is -2.44. The van der Waals surface area contributed by atoms with Gasteiger partial charge in [0.25, 0.3) is 0 Å². The molecular weight excluding hydrogens is 439 g/mol. The third-order valence-corrected chi connectivity index (χ3v) is 4.88. The second-order valence-electron chi connectivity index (χ2n) is 6.43. The van der Waals surface area contributed by atoms with Gasteiger partial charge in [-0.25, -0.2) is 24.5 Å². The van der Waals surface area contributed by atoms with Gasteiger partial charge in [0.15, 0.2) is 0 Å². The van der Waals surface area contributed by atoms with Crippen molar-refractivity contribution in [1.82, 2.24) is 25.2 Å². The van der Waals surface area contributed by atoms with Gasteiger partial charge in [0.1, 0.15) is 18.0 Å². The van der Waals surface area contributed by atoms with Crippen LogP contribution in [0.4, 0.5) is 29.6 Å². The van der Waals surface area contributed by atoms with Crippen molar-refractivity contribution in [2.75, 3.05) is 43.4 Å². The molecule has 31 heavy (non-hydrogen) atoms. The molecule has 1 fully saturated rings. The summed E-state index contributed by atoms with van der Waals surface area (Å²) < 4.78 is 31.7. The number of carboxylic acid groups (broad SMARTS) is 1. The van der Waals surface area contributed by atoms with E-state index in [9.17, 15) is 18.0 Å². The molecule has 0 radical (unpaired) electrons. The van der Waals surface area contributed by atoms with Crippen LogP contribution < -0.4 is 15.5 Å². The van der Waals surface area contributed by atoms with Gasteiger partial charge in [-0.3, -0.25) is 5.32 Å². The number of carbonyl (C=O) groups excluding carboxylic acids is 1. The summed E-state index contributed by atoms with van der Waals surface area (Å²) in [5.74, 6) is -1.41. The van der Waals surface area contributed by atoms with Crippen LogP contribution in [0.5, 0.6) is 0 Å². The van der Waals surface area contributed by atoms with E-state index in [0.717, 1.165) is 41.9 Å². The molecule has 3 rings (SSSR count). The predicted octanol–water partition coefficient (Wildman–Crippen LogP) is 1.95. The molecule has 0 aliphatic carbocycles. The van der Waals surface area contributed by atoms with Crippen molar-refractivity contribution in [2.24, 2.45) is 0 Å².